The van der Waals surface area contributed by atoms with Crippen molar-refractivity contribution in [2.24, 2.45) is 5.16 Å². The summed E-state index contributed by atoms with van der Waals surface area (Å²) in [6, 6.07) is 2.79. The molecule has 4 heteroatoms. The smallest absolute Gasteiger partial charge is 0.128 e. The van der Waals surface area contributed by atoms with Crippen LogP contribution < -0.4 is 0 Å². The van der Waals surface area contributed by atoms with E-state index in [0.717, 1.165) is 0 Å². The van der Waals surface area contributed by atoms with Gasteiger partial charge in [-0.05, 0) is 25.5 Å². The quantitative estimate of drug-likeness (QED) is 0.233. The van der Waals surface area contributed by atoms with Crippen molar-refractivity contribution in [1.29, 1.82) is 0 Å². The van der Waals surface area contributed by atoms with Crippen LogP contribution in [0.5, 0.6) is 11.5 Å². The molecule has 4 nitrogen and oxygen atoms in total. The second-order valence-corrected chi connectivity index (χ2v) is 3.18. The van der Waals surface area contributed by atoms with Crippen LogP contribution in [0.1, 0.15) is 18.1 Å². The SMILES string of the molecule is C=CCc1cc(O)cc(C(C)=NO)c1O. The number of phenolic OH excluding ortho intramolecular Hbond substituents is 2. The number of aromatic hydroxyl groups is 2. The maximum absolute atomic E-state index is 9.80. The fourth-order valence-corrected chi connectivity index (χ4v) is 1.32. The predicted octanol–water partition coefficient (Wildman–Crippen LogP) is 2.02. The fraction of sp³-hybridized carbons (Fsp3) is 0.182. The lowest BCUT2D eigenvalue weighted by Gasteiger charge is -2.08. The van der Waals surface area contributed by atoms with Gasteiger partial charge in [0.05, 0.1) is 5.71 Å². The molecule has 0 aliphatic carbocycles. The Morgan fingerprint density at radius 2 is 2.13 bits per heavy atom. The third-order valence-corrected chi connectivity index (χ3v) is 2.08. The van der Waals surface area contributed by atoms with Crippen LogP contribution in [-0.2, 0) is 6.42 Å². The topological polar surface area (TPSA) is 73.1 Å². The van der Waals surface area contributed by atoms with E-state index in [-0.39, 0.29) is 17.2 Å². The van der Waals surface area contributed by atoms with Crippen molar-refractivity contribution in [1.82, 2.24) is 0 Å². The van der Waals surface area contributed by atoms with Gasteiger partial charge in [-0.25, -0.2) is 0 Å². The zero-order valence-corrected chi connectivity index (χ0v) is 8.44. The van der Waals surface area contributed by atoms with Gasteiger partial charge in [0.25, 0.3) is 0 Å². The molecule has 0 unspecified atom stereocenters. The number of phenols is 2. The standard InChI is InChI=1S/C11H13NO3/c1-3-4-8-5-9(13)6-10(11(8)14)7(2)12-15/h3,5-6,13-15H,1,4H2,2H3. The first kappa shape index (κ1) is 11.1. The molecule has 0 fully saturated rings. The number of hydrogen-bond donors (Lipinski definition) is 3. The molecule has 0 aliphatic rings. The van der Waals surface area contributed by atoms with Gasteiger partial charge in [0.15, 0.2) is 0 Å². The number of oxime groups is 1. The Labute approximate surface area is 87.8 Å². The van der Waals surface area contributed by atoms with E-state index in [1.807, 2.05) is 0 Å². The second-order valence-electron chi connectivity index (χ2n) is 3.18. The minimum Gasteiger partial charge on any atom is -0.508 e. The predicted molar refractivity (Wildman–Crippen MR) is 57.7 cm³/mol. The van der Waals surface area contributed by atoms with Crippen molar-refractivity contribution < 1.29 is 15.4 Å². The van der Waals surface area contributed by atoms with Gasteiger partial charge in [0, 0.05) is 11.1 Å². The van der Waals surface area contributed by atoms with E-state index in [4.69, 9.17) is 5.21 Å². The van der Waals surface area contributed by atoms with Crippen LogP contribution in [-0.4, -0.2) is 21.1 Å². The Balaban J connectivity index is 3.34. The largest absolute Gasteiger partial charge is 0.508 e. The monoisotopic (exact) mass is 207 g/mol. The van der Waals surface area contributed by atoms with Gasteiger partial charge >= 0.3 is 0 Å². The molecule has 15 heavy (non-hydrogen) atoms. The van der Waals surface area contributed by atoms with Crippen LogP contribution in [0.4, 0.5) is 0 Å². The molecule has 0 atom stereocenters. The molecular formula is C11H13NO3. The maximum Gasteiger partial charge on any atom is 0.128 e. The highest BCUT2D eigenvalue weighted by molar-refractivity contribution is 6.01. The molecule has 3 N–H and O–H groups in total. The van der Waals surface area contributed by atoms with Gasteiger partial charge in [0.1, 0.15) is 11.5 Å². The maximum atomic E-state index is 9.80. The summed E-state index contributed by atoms with van der Waals surface area (Å²) < 4.78 is 0. The van der Waals surface area contributed by atoms with Crippen molar-refractivity contribution in [3.8, 4) is 11.5 Å². The Morgan fingerprint density at radius 3 is 2.67 bits per heavy atom. The van der Waals surface area contributed by atoms with E-state index in [9.17, 15) is 10.2 Å². The summed E-state index contributed by atoms with van der Waals surface area (Å²) in [6.45, 7) is 5.08. The van der Waals surface area contributed by atoms with Crippen LogP contribution in [0.25, 0.3) is 0 Å². The minimum atomic E-state index is 0.00278. The van der Waals surface area contributed by atoms with Crippen LogP contribution >= 0.6 is 0 Å². The summed E-state index contributed by atoms with van der Waals surface area (Å²) in [5.41, 5.74) is 1.10. The second kappa shape index (κ2) is 4.50. The van der Waals surface area contributed by atoms with Crippen molar-refractivity contribution in [3.05, 3.63) is 35.9 Å². The van der Waals surface area contributed by atoms with E-state index < -0.39 is 0 Å². The molecule has 0 saturated heterocycles. The first-order chi connectivity index (χ1) is 7.10. The van der Waals surface area contributed by atoms with E-state index in [2.05, 4.69) is 11.7 Å². The molecule has 0 aliphatic heterocycles. The number of nitrogens with zero attached hydrogens (tertiary/aromatic N) is 1. The zero-order chi connectivity index (χ0) is 11.4. The number of hydrogen-bond acceptors (Lipinski definition) is 4. The molecule has 1 rings (SSSR count). The van der Waals surface area contributed by atoms with Gasteiger partial charge in [-0.1, -0.05) is 11.2 Å². The normalized spacial score (nSPS) is 11.4. The Kier molecular flexibility index (Phi) is 3.33. The zero-order valence-electron chi connectivity index (χ0n) is 8.44. The van der Waals surface area contributed by atoms with Gasteiger partial charge in [-0.2, -0.15) is 0 Å². The van der Waals surface area contributed by atoms with Gasteiger partial charge in [-0.15, -0.1) is 6.58 Å². The highest BCUT2D eigenvalue weighted by atomic mass is 16.4. The molecule has 80 valence electrons. The third-order valence-electron chi connectivity index (χ3n) is 2.08. The fourth-order valence-electron chi connectivity index (χ4n) is 1.32. The highest BCUT2D eigenvalue weighted by Crippen LogP contribution is 2.28. The van der Waals surface area contributed by atoms with Crippen molar-refractivity contribution in [3.63, 3.8) is 0 Å². The van der Waals surface area contributed by atoms with Gasteiger partial charge in [-0.3, -0.25) is 0 Å². The molecule has 0 amide bonds. The van der Waals surface area contributed by atoms with Gasteiger partial charge in [0.2, 0.25) is 0 Å². The minimum absolute atomic E-state index is 0.00278. The molecule has 0 spiro atoms. The van der Waals surface area contributed by atoms with Crippen molar-refractivity contribution >= 4 is 5.71 Å². The average Bonchev–Trinajstić information content (AvgIpc) is 2.22. The van der Waals surface area contributed by atoms with Crippen LogP contribution in [0, 0.1) is 0 Å². The van der Waals surface area contributed by atoms with Crippen LogP contribution in [0.3, 0.4) is 0 Å². The number of benzene rings is 1. The lowest BCUT2D eigenvalue weighted by atomic mass is 10.0. The Bertz CT molecular complexity index is 411. The molecule has 1 aromatic carbocycles. The van der Waals surface area contributed by atoms with Crippen molar-refractivity contribution in [2.45, 2.75) is 13.3 Å². The first-order valence-corrected chi connectivity index (χ1v) is 4.45. The van der Waals surface area contributed by atoms with E-state index >= 15 is 0 Å². The molecule has 0 saturated carbocycles. The number of rotatable bonds is 3. The summed E-state index contributed by atoms with van der Waals surface area (Å²) in [5, 5.41) is 30.8. The average molecular weight is 207 g/mol. The van der Waals surface area contributed by atoms with E-state index in [1.54, 1.807) is 6.08 Å². The Morgan fingerprint density at radius 1 is 1.47 bits per heavy atom. The van der Waals surface area contributed by atoms with E-state index in [0.29, 0.717) is 17.5 Å². The molecule has 0 radical (unpaired) electrons. The van der Waals surface area contributed by atoms with Crippen LogP contribution in [0.2, 0.25) is 0 Å². The first-order valence-electron chi connectivity index (χ1n) is 4.45. The van der Waals surface area contributed by atoms with Crippen LogP contribution in [0.15, 0.2) is 29.9 Å². The third kappa shape index (κ3) is 2.28. The molecule has 1 aromatic rings. The van der Waals surface area contributed by atoms with Gasteiger partial charge < -0.3 is 15.4 Å². The number of allylic oxidation sites excluding steroid dienone is 1. The highest BCUT2D eigenvalue weighted by Gasteiger charge is 2.11. The summed E-state index contributed by atoms with van der Waals surface area (Å²) >= 11 is 0. The molecule has 0 heterocycles. The molecule has 0 bridgehead atoms. The van der Waals surface area contributed by atoms with Crippen molar-refractivity contribution in [2.75, 3.05) is 0 Å². The van der Waals surface area contributed by atoms with E-state index in [1.165, 1.54) is 19.1 Å². The summed E-state index contributed by atoms with van der Waals surface area (Å²) in [7, 11) is 0. The summed E-state index contributed by atoms with van der Waals surface area (Å²) in [5.74, 6) is 0.0191. The lowest BCUT2D eigenvalue weighted by Crippen LogP contribution is -1.97. The summed E-state index contributed by atoms with van der Waals surface area (Å²) in [4.78, 5) is 0. The molecule has 0 aromatic heterocycles. The summed E-state index contributed by atoms with van der Waals surface area (Å²) in [6.07, 6.45) is 2.05. The Hall–Kier alpha value is -1.97. The lowest BCUT2D eigenvalue weighted by molar-refractivity contribution is 0.318. The molecular weight excluding hydrogens is 194 g/mol.